The quantitative estimate of drug-likeness (QED) is 0.438. The van der Waals surface area contributed by atoms with Gasteiger partial charge in [0, 0.05) is 12.2 Å². The summed E-state index contributed by atoms with van der Waals surface area (Å²) in [5, 5.41) is 10.2. The van der Waals surface area contributed by atoms with E-state index in [2.05, 4.69) is 27.4 Å². The topological polar surface area (TPSA) is 134 Å². The molecule has 1 unspecified atom stereocenters. The van der Waals surface area contributed by atoms with E-state index < -0.39 is 10.3 Å². The van der Waals surface area contributed by atoms with Crippen LogP contribution >= 0.6 is 11.3 Å². The summed E-state index contributed by atoms with van der Waals surface area (Å²) in [4.78, 5) is 22.4. The van der Waals surface area contributed by atoms with E-state index >= 15 is 0 Å². The fourth-order valence-corrected chi connectivity index (χ4v) is 6.02. The zero-order chi connectivity index (χ0) is 24.4. The lowest BCUT2D eigenvalue weighted by molar-refractivity contribution is 0.0701. The Bertz CT molecular complexity index is 1330. The van der Waals surface area contributed by atoms with Crippen molar-refractivity contribution in [2.75, 3.05) is 18.5 Å². The molecule has 2 aromatic heterocycles. The molecule has 0 spiro atoms. The van der Waals surface area contributed by atoms with Crippen LogP contribution in [0.2, 0.25) is 0 Å². The van der Waals surface area contributed by atoms with Crippen LogP contribution in [-0.4, -0.2) is 43.4 Å². The van der Waals surface area contributed by atoms with Crippen molar-refractivity contribution < 1.29 is 22.1 Å². The van der Waals surface area contributed by atoms with Gasteiger partial charge in [-0.15, -0.1) is 11.3 Å². The Hall–Kier alpha value is -2.70. The number of fused-ring (bicyclic) bond motifs is 1. The van der Waals surface area contributed by atoms with Crippen LogP contribution in [0.4, 0.5) is 5.82 Å². The van der Waals surface area contributed by atoms with Crippen molar-refractivity contribution in [2.24, 2.45) is 11.1 Å². The number of anilines is 1. The van der Waals surface area contributed by atoms with Gasteiger partial charge in [-0.25, -0.2) is 15.1 Å². The Kier molecular flexibility index (Phi) is 6.94. The Morgan fingerprint density at radius 2 is 2.14 bits per heavy atom. The van der Waals surface area contributed by atoms with Gasteiger partial charge in [0.25, 0.3) is 0 Å². The second kappa shape index (κ2) is 10.1. The number of carbonyl (C=O) groups is 1. The predicted octanol–water partition coefficient (Wildman–Crippen LogP) is 3.23. The number of aromatic nitrogens is 2. The Balaban J connectivity index is 1.29. The lowest BCUT2D eigenvalue weighted by Crippen LogP contribution is -2.22. The third-order valence-corrected chi connectivity index (χ3v) is 7.86. The van der Waals surface area contributed by atoms with E-state index in [4.69, 9.17) is 14.1 Å². The number of nitrogens with two attached hydrogens (primary N) is 1. The number of hydrogen-bond donors (Lipinski definition) is 2. The van der Waals surface area contributed by atoms with Crippen molar-refractivity contribution in [1.82, 2.24) is 9.97 Å². The second-order valence-electron chi connectivity index (χ2n) is 8.86. The van der Waals surface area contributed by atoms with Crippen LogP contribution in [0, 0.1) is 5.92 Å². The summed E-state index contributed by atoms with van der Waals surface area (Å²) in [6.07, 6.45) is 5.92. The van der Waals surface area contributed by atoms with Gasteiger partial charge in [0.2, 0.25) is 5.78 Å². The number of nitrogens with one attached hydrogen (secondary N) is 1. The predicted molar refractivity (Wildman–Crippen MR) is 132 cm³/mol. The third kappa shape index (κ3) is 5.60. The fraction of sp³-hybridized carbons (Fsp3) is 0.375. The summed E-state index contributed by atoms with van der Waals surface area (Å²) in [5.74, 6) is 0.378. The molecule has 3 atom stereocenters. The maximum absolute atomic E-state index is 13.4. The van der Waals surface area contributed by atoms with Crippen LogP contribution in [0.3, 0.4) is 0 Å². The minimum atomic E-state index is -3.95. The minimum Gasteiger partial charge on any atom is -0.368 e. The number of rotatable bonds is 8. The van der Waals surface area contributed by atoms with Crippen molar-refractivity contribution in [3.05, 3.63) is 75.4 Å². The molecule has 3 aromatic rings. The molecule has 0 saturated heterocycles. The molecule has 3 N–H and O–H groups in total. The molecule has 0 amide bonds. The molecule has 0 radical (unpaired) electrons. The fourth-order valence-electron chi connectivity index (χ4n) is 4.76. The Morgan fingerprint density at radius 3 is 3.00 bits per heavy atom. The number of ether oxygens (including phenoxy) is 1. The summed E-state index contributed by atoms with van der Waals surface area (Å²) >= 11 is 1.38. The first-order valence-electron chi connectivity index (χ1n) is 11.4. The standard InChI is InChI=1S/C24H26N4O5S2/c25-35(30,31)33-12-15-5-6-18(9-15)28-24-20(11-26-14-27-24)22(29)21-10-17(13-34-21)23-19-4-2-1-3-16(19)7-8-32-23/h1-4,10-11,13-15,18,23H,5-9,12H2,(H2,25,30,31)(H,26,27,28)/t15-,18+,23?/m1/s1. The largest absolute Gasteiger partial charge is 0.368 e. The number of benzene rings is 1. The molecule has 3 heterocycles. The SMILES string of the molecule is NS(=O)(=O)OC[C@@H]1CC[C@H](Nc2ncncc2C(=O)c2cc(C3OCCc4ccccc43)cs2)C1. The lowest BCUT2D eigenvalue weighted by atomic mass is 9.94. The molecular formula is C24H26N4O5S2. The minimum absolute atomic E-state index is 0.0385. The van der Waals surface area contributed by atoms with Gasteiger partial charge >= 0.3 is 10.3 Å². The normalized spacial score (nSPS) is 22.0. The van der Waals surface area contributed by atoms with Gasteiger partial charge < -0.3 is 10.1 Å². The summed E-state index contributed by atoms with van der Waals surface area (Å²) in [7, 11) is -3.95. The third-order valence-electron chi connectivity index (χ3n) is 6.45. The molecule has 11 heteroatoms. The first-order valence-corrected chi connectivity index (χ1v) is 13.8. The van der Waals surface area contributed by atoms with Gasteiger partial charge in [-0.1, -0.05) is 24.3 Å². The molecule has 184 valence electrons. The average molecular weight is 515 g/mol. The van der Waals surface area contributed by atoms with Gasteiger partial charge in [0.15, 0.2) is 0 Å². The first kappa shape index (κ1) is 24.0. The van der Waals surface area contributed by atoms with E-state index in [0.717, 1.165) is 30.4 Å². The van der Waals surface area contributed by atoms with Crippen LogP contribution in [0.25, 0.3) is 0 Å². The van der Waals surface area contributed by atoms with E-state index in [-0.39, 0.29) is 30.5 Å². The highest BCUT2D eigenvalue weighted by Crippen LogP contribution is 2.36. The number of hydrogen-bond acceptors (Lipinski definition) is 9. The van der Waals surface area contributed by atoms with E-state index in [0.29, 0.717) is 29.3 Å². The smallest absolute Gasteiger partial charge is 0.333 e. The first-order chi connectivity index (χ1) is 16.9. The average Bonchev–Trinajstić information content (AvgIpc) is 3.52. The zero-order valence-electron chi connectivity index (χ0n) is 18.9. The van der Waals surface area contributed by atoms with Gasteiger partial charge in [-0.3, -0.25) is 8.98 Å². The van der Waals surface area contributed by atoms with Crippen molar-refractivity contribution in [3.8, 4) is 0 Å². The van der Waals surface area contributed by atoms with E-state index in [1.807, 2.05) is 23.6 Å². The Morgan fingerprint density at radius 1 is 1.29 bits per heavy atom. The maximum Gasteiger partial charge on any atom is 0.333 e. The lowest BCUT2D eigenvalue weighted by Gasteiger charge is -2.25. The van der Waals surface area contributed by atoms with Gasteiger partial charge in [0.1, 0.15) is 18.2 Å². The number of nitrogens with zero attached hydrogens (tertiary/aromatic N) is 2. The molecular weight excluding hydrogens is 488 g/mol. The number of thiophene rings is 1. The van der Waals surface area contributed by atoms with Crippen LogP contribution < -0.4 is 10.5 Å². The monoisotopic (exact) mass is 514 g/mol. The highest BCUT2D eigenvalue weighted by Gasteiger charge is 2.29. The molecule has 1 aromatic carbocycles. The van der Waals surface area contributed by atoms with Gasteiger partial charge in [0.05, 0.1) is 23.7 Å². The van der Waals surface area contributed by atoms with Crippen LogP contribution in [-0.2, 0) is 25.6 Å². The molecule has 9 nitrogen and oxygen atoms in total. The summed E-state index contributed by atoms with van der Waals surface area (Å²) in [6.45, 7) is 0.697. The summed E-state index contributed by atoms with van der Waals surface area (Å²) in [6, 6.07) is 10.2. The molecule has 1 saturated carbocycles. The van der Waals surface area contributed by atoms with E-state index in [1.54, 1.807) is 0 Å². The molecule has 2 aliphatic rings. The van der Waals surface area contributed by atoms with E-state index in [9.17, 15) is 13.2 Å². The zero-order valence-corrected chi connectivity index (χ0v) is 20.6. The van der Waals surface area contributed by atoms with Gasteiger partial charge in [-0.05, 0) is 59.7 Å². The van der Waals surface area contributed by atoms with Crippen LogP contribution in [0.15, 0.2) is 48.2 Å². The molecule has 0 bridgehead atoms. The highest BCUT2D eigenvalue weighted by atomic mass is 32.2. The number of ketones is 1. The van der Waals surface area contributed by atoms with Crippen molar-refractivity contribution in [2.45, 2.75) is 37.8 Å². The number of carbonyl (C=O) groups excluding carboxylic acids is 1. The maximum atomic E-state index is 13.4. The molecule has 1 fully saturated rings. The second-order valence-corrected chi connectivity index (χ2v) is 11.0. The molecule has 1 aliphatic carbocycles. The van der Waals surface area contributed by atoms with Crippen LogP contribution in [0.1, 0.15) is 57.3 Å². The molecule has 35 heavy (non-hydrogen) atoms. The van der Waals surface area contributed by atoms with Crippen molar-refractivity contribution in [1.29, 1.82) is 0 Å². The molecule has 5 rings (SSSR count). The van der Waals surface area contributed by atoms with Crippen LogP contribution in [0.5, 0.6) is 0 Å². The van der Waals surface area contributed by atoms with E-state index in [1.165, 1.54) is 29.4 Å². The Labute approximate surface area is 208 Å². The van der Waals surface area contributed by atoms with Crippen molar-refractivity contribution in [3.63, 3.8) is 0 Å². The summed E-state index contributed by atoms with van der Waals surface area (Å²) < 4.78 is 32.9. The van der Waals surface area contributed by atoms with Crippen molar-refractivity contribution >= 4 is 33.2 Å². The summed E-state index contributed by atoms with van der Waals surface area (Å²) in [5.41, 5.74) is 3.78. The van der Waals surface area contributed by atoms with Gasteiger partial charge in [-0.2, -0.15) is 8.42 Å². The highest BCUT2D eigenvalue weighted by molar-refractivity contribution is 7.84. The molecule has 1 aliphatic heterocycles.